The largest absolute Gasteiger partial charge is 0.332 e. The molecule has 32 heavy (non-hydrogen) atoms. The van der Waals surface area contributed by atoms with Gasteiger partial charge in [-0.25, -0.2) is 4.68 Å². The SMILES string of the molecule is Cc1ccccc1-n1nc(C(C)(C)C)cc1NC(=O)CN(CCN(C)C)C(=O)C(C)(C)C. The molecule has 1 N–H and O–H groups in total. The molecule has 0 aliphatic heterocycles. The van der Waals surface area contributed by atoms with E-state index < -0.39 is 5.41 Å². The molecule has 2 aromatic rings. The minimum absolute atomic E-state index is 0.00620. The highest BCUT2D eigenvalue weighted by Gasteiger charge is 2.29. The zero-order valence-electron chi connectivity index (χ0n) is 21.1. The molecule has 0 saturated carbocycles. The van der Waals surface area contributed by atoms with Crippen molar-refractivity contribution in [2.45, 2.75) is 53.9 Å². The Morgan fingerprint density at radius 1 is 1.03 bits per heavy atom. The van der Waals surface area contributed by atoms with E-state index in [2.05, 4.69) is 26.1 Å². The van der Waals surface area contributed by atoms with Gasteiger partial charge in [0.2, 0.25) is 11.8 Å². The molecule has 0 radical (unpaired) electrons. The van der Waals surface area contributed by atoms with Crippen LogP contribution in [0.2, 0.25) is 0 Å². The summed E-state index contributed by atoms with van der Waals surface area (Å²) in [5.74, 6) is 0.318. The number of nitrogens with one attached hydrogen (secondary N) is 1. The van der Waals surface area contributed by atoms with E-state index in [-0.39, 0.29) is 23.8 Å². The van der Waals surface area contributed by atoms with Gasteiger partial charge in [0, 0.05) is 30.0 Å². The molecule has 0 saturated heterocycles. The van der Waals surface area contributed by atoms with Gasteiger partial charge in [0.25, 0.3) is 0 Å². The summed E-state index contributed by atoms with van der Waals surface area (Å²) >= 11 is 0. The first-order valence-electron chi connectivity index (χ1n) is 11.1. The molecule has 1 aromatic carbocycles. The van der Waals surface area contributed by atoms with Crippen LogP contribution < -0.4 is 5.32 Å². The van der Waals surface area contributed by atoms with E-state index in [0.29, 0.717) is 18.9 Å². The molecule has 0 bridgehead atoms. The van der Waals surface area contributed by atoms with Crippen LogP contribution in [-0.2, 0) is 15.0 Å². The number of carbonyl (C=O) groups is 2. The molecule has 2 amide bonds. The van der Waals surface area contributed by atoms with Gasteiger partial charge in [0.05, 0.1) is 17.9 Å². The number of amides is 2. The summed E-state index contributed by atoms with van der Waals surface area (Å²) in [5, 5.41) is 7.80. The number of nitrogens with zero attached hydrogens (tertiary/aromatic N) is 4. The van der Waals surface area contributed by atoms with Crippen molar-refractivity contribution in [1.29, 1.82) is 0 Å². The van der Waals surface area contributed by atoms with Crippen molar-refractivity contribution in [3.63, 3.8) is 0 Å². The molecule has 0 aliphatic carbocycles. The van der Waals surface area contributed by atoms with E-state index in [1.54, 1.807) is 9.58 Å². The molecule has 7 heteroatoms. The molecular formula is C25H39N5O2. The van der Waals surface area contributed by atoms with Gasteiger partial charge in [-0.15, -0.1) is 0 Å². The number of para-hydroxylation sites is 1. The minimum Gasteiger partial charge on any atom is -0.332 e. The van der Waals surface area contributed by atoms with Gasteiger partial charge in [-0.2, -0.15) is 5.10 Å². The lowest BCUT2D eigenvalue weighted by Gasteiger charge is -2.30. The second kappa shape index (κ2) is 9.86. The lowest BCUT2D eigenvalue weighted by Crippen LogP contribution is -2.46. The second-order valence-electron chi connectivity index (χ2n) is 10.7. The monoisotopic (exact) mass is 441 g/mol. The Balaban J connectivity index is 2.33. The van der Waals surface area contributed by atoms with E-state index >= 15 is 0 Å². The summed E-state index contributed by atoms with van der Waals surface area (Å²) in [5.41, 5.74) is 2.12. The number of anilines is 1. The fourth-order valence-electron chi connectivity index (χ4n) is 3.22. The third-order valence-corrected chi connectivity index (χ3v) is 5.17. The Morgan fingerprint density at radius 2 is 1.66 bits per heavy atom. The Bertz CT molecular complexity index is 948. The van der Waals surface area contributed by atoms with Crippen LogP contribution in [0.5, 0.6) is 0 Å². The van der Waals surface area contributed by atoms with Crippen molar-refractivity contribution in [3.8, 4) is 5.69 Å². The third-order valence-electron chi connectivity index (χ3n) is 5.17. The predicted octanol–water partition coefficient (Wildman–Crippen LogP) is 3.85. The Hall–Kier alpha value is -2.67. The zero-order chi connectivity index (χ0) is 24.3. The smallest absolute Gasteiger partial charge is 0.245 e. The van der Waals surface area contributed by atoms with Crippen LogP contribution in [0, 0.1) is 12.3 Å². The Morgan fingerprint density at radius 3 is 2.19 bits per heavy atom. The molecule has 7 nitrogen and oxygen atoms in total. The third kappa shape index (κ3) is 6.66. The summed E-state index contributed by atoms with van der Waals surface area (Å²) in [7, 11) is 3.91. The molecule has 0 fully saturated rings. The summed E-state index contributed by atoms with van der Waals surface area (Å²) in [4.78, 5) is 29.6. The van der Waals surface area contributed by atoms with Crippen molar-refractivity contribution in [1.82, 2.24) is 19.6 Å². The van der Waals surface area contributed by atoms with Gasteiger partial charge in [-0.05, 0) is 32.6 Å². The topological polar surface area (TPSA) is 70.5 Å². The van der Waals surface area contributed by atoms with E-state index in [1.807, 2.05) is 77.0 Å². The molecule has 1 aromatic heterocycles. The fourth-order valence-corrected chi connectivity index (χ4v) is 3.22. The van der Waals surface area contributed by atoms with Crippen molar-refractivity contribution >= 4 is 17.6 Å². The van der Waals surface area contributed by atoms with Crippen LogP contribution in [0.15, 0.2) is 30.3 Å². The van der Waals surface area contributed by atoms with E-state index in [4.69, 9.17) is 5.10 Å². The maximum absolute atomic E-state index is 13.1. The molecule has 2 rings (SSSR count). The zero-order valence-corrected chi connectivity index (χ0v) is 21.1. The highest BCUT2D eigenvalue weighted by atomic mass is 16.2. The van der Waals surface area contributed by atoms with Gasteiger partial charge < -0.3 is 15.1 Å². The summed E-state index contributed by atoms with van der Waals surface area (Å²) in [6.07, 6.45) is 0. The van der Waals surface area contributed by atoms with Crippen LogP contribution in [0.1, 0.15) is 52.8 Å². The van der Waals surface area contributed by atoms with E-state index in [1.165, 1.54) is 0 Å². The molecule has 0 spiro atoms. The van der Waals surface area contributed by atoms with Crippen molar-refractivity contribution in [2.24, 2.45) is 5.41 Å². The lowest BCUT2D eigenvalue weighted by molar-refractivity contribution is -0.142. The van der Waals surface area contributed by atoms with Crippen LogP contribution in [0.3, 0.4) is 0 Å². The molecule has 0 atom stereocenters. The first-order chi connectivity index (χ1) is 14.7. The number of benzene rings is 1. The first kappa shape index (κ1) is 25.6. The summed E-state index contributed by atoms with van der Waals surface area (Å²) in [6.45, 7) is 15.1. The van der Waals surface area contributed by atoms with Crippen molar-refractivity contribution in [2.75, 3.05) is 39.0 Å². The highest BCUT2D eigenvalue weighted by Crippen LogP contribution is 2.27. The molecule has 0 aliphatic rings. The van der Waals surface area contributed by atoms with Gasteiger partial charge >= 0.3 is 0 Å². The lowest BCUT2D eigenvalue weighted by atomic mass is 9.92. The van der Waals surface area contributed by atoms with Crippen LogP contribution in [0.4, 0.5) is 5.82 Å². The Kier molecular flexibility index (Phi) is 7.88. The van der Waals surface area contributed by atoms with Gasteiger partial charge in [-0.3, -0.25) is 9.59 Å². The number of likely N-dealkylation sites (N-methyl/N-ethyl adjacent to an activating group) is 1. The average Bonchev–Trinajstić information content (AvgIpc) is 3.08. The first-order valence-corrected chi connectivity index (χ1v) is 11.1. The van der Waals surface area contributed by atoms with Crippen LogP contribution in [-0.4, -0.2) is 65.1 Å². The fraction of sp³-hybridized carbons (Fsp3) is 0.560. The van der Waals surface area contributed by atoms with Gasteiger partial charge in [-0.1, -0.05) is 59.7 Å². The number of hydrogen-bond acceptors (Lipinski definition) is 4. The highest BCUT2D eigenvalue weighted by molar-refractivity contribution is 5.95. The van der Waals surface area contributed by atoms with Crippen molar-refractivity contribution < 1.29 is 9.59 Å². The number of hydrogen-bond donors (Lipinski definition) is 1. The second-order valence-corrected chi connectivity index (χ2v) is 10.7. The van der Waals surface area contributed by atoms with E-state index in [0.717, 1.165) is 16.9 Å². The van der Waals surface area contributed by atoms with Crippen LogP contribution in [0.25, 0.3) is 5.69 Å². The number of carbonyl (C=O) groups excluding carboxylic acids is 2. The number of rotatable bonds is 7. The maximum Gasteiger partial charge on any atom is 0.245 e. The number of aromatic nitrogens is 2. The summed E-state index contributed by atoms with van der Waals surface area (Å²) in [6, 6.07) is 9.85. The minimum atomic E-state index is -0.561. The predicted molar refractivity (Wildman–Crippen MR) is 130 cm³/mol. The van der Waals surface area contributed by atoms with E-state index in [9.17, 15) is 9.59 Å². The van der Waals surface area contributed by atoms with Gasteiger partial charge in [0.1, 0.15) is 5.82 Å². The average molecular weight is 442 g/mol. The molecule has 0 unspecified atom stereocenters. The standard InChI is InChI=1S/C25H39N5O2/c1-18-12-10-11-13-19(18)30-21(16-20(27-30)24(2,3)4)26-22(31)17-29(15-14-28(8)9)23(32)25(5,6)7/h10-13,16H,14-15,17H2,1-9H3,(H,26,31). The summed E-state index contributed by atoms with van der Waals surface area (Å²) < 4.78 is 1.78. The molecular weight excluding hydrogens is 402 g/mol. The Labute approximate surface area is 192 Å². The van der Waals surface area contributed by atoms with Crippen LogP contribution >= 0.6 is 0 Å². The normalized spacial score (nSPS) is 12.2. The maximum atomic E-state index is 13.1. The molecule has 176 valence electrons. The quantitative estimate of drug-likeness (QED) is 0.708. The van der Waals surface area contributed by atoms with Gasteiger partial charge in [0.15, 0.2) is 0 Å². The molecule has 1 heterocycles. The number of aryl methyl sites for hydroxylation is 1. The van der Waals surface area contributed by atoms with Crippen molar-refractivity contribution in [3.05, 3.63) is 41.6 Å².